The molecule has 0 unspecified atom stereocenters. The summed E-state index contributed by atoms with van der Waals surface area (Å²) in [6.45, 7) is 3.77. The van der Waals surface area contributed by atoms with Gasteiger partial charge < -0.3 is 10.1 Å². The number of carbonyl (C=O) groups excluding carboxylic acids is 2. The second-order valence-electron chi connectivity index (χ2n) is 6.09. The number of hydrogen-bond donors (Lipinski definition) is 1. The molecule has 5 nitrogen and oxygen atoms in total. The van der Waals surface area contributed by atoms with Crippen LogP contribution in [0.5, 0.6) is 5.75 Å². The van der Waals surface area contributed by atoms with Gasteiger partial charge in [0.25, 0.3) is 11.8 Å². The quantitative estimate of drug-likeness (QED) is 0.328. The second-order valence-corrected chi connectivity index (χ2v) is 8.58. The molecule has 0 atom stereocenters. The van der Waals surface area contributed by atoms with E-state index in [1.807, 2.05) is 0 Å². The summed E-state index contributed by atoms with van der Waals surface area (Å²) in [5.41, 5.74) is 1.22. The number of thioether (sulfide) groups is 1. The molecule has 0 spiro atoms. The standard InChI is InChI=1S/C21H16Cl2N2O3S2/c1-2-9-25-20(27)18(30-21(25)29)11-13-7-8-17(15(23)10-13)28-12-19(26)24-16-6-4-3-5-14(16)22/h2-8,10-11H,1,9,12H2,(H,24,26)/b18-11-. The van der Waals surface area contributed by atoms with Gasteiger partial charge in [0.1, 0.15) is 10.1 Å². The van der Waals surface area contributed by atoms with Gasteiger partial charge >= 0.3 is 0 Å². The van der Waals surface area contributed by atoms with Crippen molar-refractivity contribution in [2.45, 2.75) is 0 Å². The van der Waals surface area contributed by atoms with Crippen LogP contribution in [0.2, 0.25) is 10.0 Å². The fourth-order valence-corrected chi connectivity index (χ4v) is 4.26. The minimum Gasteiger partial charge on any atom is -0.482 e. The van der Waals surface area contributed by atoms with E-state index in [9.17, 15) is 9.59 Å². The molecule has 154 valence electrons. The van der Waals surface area contributed by atoms with E-state index in [0.717, 1.165) is 0 Å². The zero-order valence-corrected chi connectivity index (χ0v) is 18.7. The molecule has 2 aromatic rings. The van der Waals surface area contributed by atoms with Crippen molar-refractivity contribution < 1.29 is 14.3 Å². The summed E-state index contributed by atoms with van der Waals surface area (Å²) < 4.78 is 5.99. The summed E-state index contributed by atoms with van der Waals surface area (Å²) in [6.07, 6.45) is 3.33. The van der Waals surface area contributed by atoms with Crippen LogP contribution in [0.25, 0.3) is 6.08 Å². The highest BCUT2D eigenvalue weighted by Crippen LogP contribution is 2.34. The van der Waals surface area contributed by atoms with E-state index in [1.165, 1.54) is 16.7 Å². The average Bonchev–Trinajstić information content (AvgIpc) is 2.97. The fraction of sp³-hybridized carbons (Fsp3) is 0.0952. The molecule has 1 heterocycles. The van der Waals surface area contributed by atoms with Crippen molar-refractivity contribution in [1.29, 1.82) is 0 Å². The summed E-state index contributed by atoms with van der Waals surface area (Å²) in [7, 11) is 0. The van der Waals surface area contributed by atoms with Crippen LogP contribution in [0.4, 0.5) is 5.69 Å². The van der Waals surface area contributed by atoms with Gasteiger partial charge in [0.2, 0.25) is 0 Å². The number of benzene rings is 2. The summed E-state index contributed by atoms with van der Waals surface area (Å²) in [4.78, 5) is 26.5. The van der Waals surface area contributed by atoms with Crippen molar-refractivity contribution in [3.8, 4) is 5.75 Å². The molecule has 2 amide bonds. The molecular formula is C21H16Cl2N2O3S2. The van der Waals surface area contributed by atoms with E-state index in [2.05, 4.69) is 11.9 Å². The molecule has 1 aliphatic rings. The Hall–Kier alpha value is -2.32. The van der Waals surface area contributed by atoms with Crippen LogP contribution in [0.3, 0.4) is 0 Å². The Labute approximate surface area is 193 Å². The van der Waals surface area contributed by atoms with Crippen LogP contribution < -0.4 is 10.1 Å². The monoisotopic (exact) mass is 478 g/mol. The maximum atomic E-state index is 12.4. The maximum absolute atomic E-state index is 12.4. The smallest absolute Gasteiger partial charge is 0.266 e. The Morgan fingerprint density at radius 1 is 1.23 bits per heavy atom. The Bertz CT molecular complexity index is 1060. The number of halogens is 2. The molecule has 1 N–H and O–H groups in total. The molecule has 0 saturated carbocycles. The molecule has 1 aliphatic heterocycles. The van der Waals surface area contributed by atoms with Gasteiger partial charge in [-0.15, -0.1) is 6.58 Å². The molecule has 0 aliphatic carbocycles. The van der Waals surface area contributed by atoms with E-state index < -0.39 is 0 Å². The third-order valence-corrected chi connectivity index (χ3v) is 5.95. The molecule has 1 saturated heterocycles. The van der Waals surface area contributed by atoms with Crippen molar-refractivity contribution in [2.75, 3.05) is 18.5 Å². The number of hydrogen-bond acceptors (Lipinski definition) is 5. The first-order valence-electron chi connectivity index (χ1n) is 8.72. The van der Waals surface area contributed by atoms with Crippen molar-refractivity contribution in [2.24, 2.45) is 0 Å². The van der Waals surface area contributed by atoms with Gasteiger partial charge in [-0.3, -0.25) is 14.5 Å². The zero-order chi connectivity index (χ0) is 21.7. The number of amides is 2. The Balaban J connectivity index is 1.64. The van der Waals surface area contributed by atoms with E-state index in [1.54, 1.807) is 54.6 Å². The minimum absolute atomic E-state index is 0.169. The van der Waals surface area contributed by atoms with Crippen molar-refractivity contribution in [3.63, 3.8) is 0 Å². The van der Waals surface area contributed by atoms with E-state index in [-0.39, 0.29) is 18.4 Å². The molecule has 3 rings (SSSR count). The lowest BCUT2D eigenvalue weighted by molar-refractivity contribution is -0.121. The van der Waals surface area contributed by atoms with Crippen LogP contribution in [0, 0.1) is 0 Å². The van der Waals surface area contributed by atoms with Gasteiger partial charge in [0.05, 0.1) is 20.6 Å². The predicted octanol–water partition coefficient (Wildman–Crippen LogP) is 5.40. The number of carbonyl (C=O) groups is 2. The average molecular weight is 479 g/mol. The normalized spacial score (nSPS) is 14.9. The first kappa shape index (κ1) is 22.4. The number of nitrogens with zero attached hydrogens (tertiary/aromatic N) is 1. The molecule has 0 bridgehead atoms. The van der Waals surface area contributed by atoms with Crippen LogP contribution in [-0.2, 0) is 9.59 Å². The topological polar surface area (TPSA) is 58.6 Å². The Morgan fingerprint density at radius 2 is 2.00 bits per heavy atom. The first-order valence-corrected chi connectivity index (χ1v) is 10.7. The molecule has 30 heavy (non-hydrogen) atoms. The minimum atomic E-state index is -0.367. The summed E-state index contributed by atoms with van der Waals surface area (Å²) in [6, 6.07) is 12.0. The Kier molecular flexibility index (Phi) is 7.55. The van der Waals surface area contributed by atoms with Gasteiger partial charge in [-0.05, 0) is 35.9 Å². The molecular weight excluding hydrogens is 463 g/mol. The first-order chi connectivity index (χ1) is 14.4. The highest BCUT2D eigenvalue weighted by Gasteiger charge is 2.30. The third-order valence-electron chi connectivity index (χ3n) is 3.95. The summed E-state index contributed by atoms with van der Waals surface area (Å²) in [5.74, 6) is -0.186. The zero-order valence-electron chi connectivity index (χ0n) is 15.6. The lowest BCUT2D eigenvalue weighted by Gasteiger charge is -2.11. The molecule has 0 aromatic heterocycles. The highest BCUT2D eigenvalue weighted by molar-refractivity contribution is 8.26. The largest absolute Gasteiger partial charge is 0.482 e. The highest BCUT2D eigenvalue weighted by atomic mass is 35.5. The van der Waals surface area contributed by atoms with Crippen molar-refractivity contribution in [1.82, 2.24) is 4.90 Å². The van der Waals surface area contributed by atoms with Gasteiger partial charge in [-0.1, -0.05) is 71.5 Å². The molecule has 0 radical (unpaired) electrons. The fourth-order valence-electron chi connectivity index (χ4n) is 2.55. The van der Waals surface area contributed by atoms with Gasteiger partial charge in [-0.2, -0.15) is 0 Å². The lowest BCUT2D eigenvalue weighted by atomic mass is 10.2. The number of anilines is 1. The number of thiocarbonyl (C=S) groups is 1. The van der Waals surface area contributed by atoms with Crippen molar-refractivity contribution >= 4 is 75.1 Å². The Morgan fingerprint density at radius 3 is 2.70 bits per heavy atom. The molecule has 2 aromatic carbocycles. The third kappa shape index (κ3) is 5.43. The van der Waals surface area contributed by atoms with Crippen LogP contribution >= 0.6 is 47.2 Å². The lowest BCUT2D eigenvalue weighted by Crippen LogP contribution is -2.27. The van der Waals surface area contributed by atoms with Crippen molar-refractivity contribution in [3.05, 3.63) is 75.6 Å². The predicted molar refractivity (Wildman–Crippen MR) is 127 cm³/mol. The van der Waals surface area contributed by atoms with Crippen LogP contribution in [-0.4, -0.2) is 34.2 Å². The summed E-state index contributed by atoms with van der Waals surface area (Å²) >= 11 is 18.7. The number of rotatable bonds is 7. The van der Waals surface area contributed by atoms with Crippen LogP contribution in [0.1, 0.15) is 5.56 Å². The maximum Gasteiger partial charge on any atom is 0.266 e. The number of para-hydroxylation sites is 1. The van der Waals surface area contributed by atoms with Gasteiger partial charge in [0, 0.05) is 6.54 Å². The van der Waals surface area contributed by atoms with Gasteiger partial charge in [-0.25, -0.2) is 0 Å². The SMILES string of the molecule is C=CCN1C(=O)/C(=C/c2ccc(OCC(=O)Nc3ccccc3Cl)c(Cl)c2)SC1=S. The number of nitrogens with one attached hydrogen (secondary N) is 1. The van der Waals surface area contributed by atoms with Gasteiger partial charge in [0.15, 0.2) is 6.61 Å². The molecule has 1 fully saturated rings. The van der Waals surface area contributed by atoms with E-state index in [4.69, 9.17) is 40.2 Å². The molecule has 9 heteroatoms. The number of ether oxygens (including phenoxy) is 1. The van der Waals surface area contributed by atoms with E-state index in [0.29, 0.717) is 42.8 Å². The van der Waals surface area contributed by atoms with E-state index >= 15 is 0 Å². The second kappa shape index (κ2) is 10.1. The van der Waals surface area contributed by atoms with Crippen LogP contribution in [0.15, 0.2) is 60.0 Å². The summed E-state index contributed by atoms with van der Waals surface area (Å²) in [5, 5.41) is 3.42.